The van der Waals surface area contributed by atoms with Gasteiger partial charge in [-0.05, 0) is 68.1 Å². The zero-order valence-electron chi connectivity index (χ0n) is 24.3. The van der Waals surface area contributed by atoms with Crippen molar-refractivity contribution in [2.24, 2.45) is 5.92 Å². The summed E-state index contributed by atoms with van der Waals surface area (Å²) in [4.78, 5) is 28.6. The van der Waals surface area contributed by atoms with Crippen LogP contribution < -0.4 is 14.4 Å². The Kier molecular flexibility index (Phi) is 10.8. The predicted molar refractivity (Wildman–Crippen MR) is 163 cm³/mol. The maximum absolute atomic E-state index is 14.0. The van der Waals surface area contributed by atoms with Crippen LogP contribution in [-0.4, -0.2) is 51.4 Å². The molecular weight excluding hydrogens is 562 g/mol. The molecule has 10 heteroatoms. The highest BCUT2D eigenvalue weighted by atomic mass is 35.5. The first-order chi connectivity index (χ1) is 19.3. The van der Waals surface area contributed by atoms with E-state index in [0.29, 0.717) is 12.3 Å². The van der Waals surface area contributed by atoms with E-state index in [1.807, 2.05) is 52.0 Å². The molecule has 2 amide bonds. The van der Waals surface area contributed by atoms with Gasteiger partial charge >= 0.3 is 0 Å². The van der Waals surface area contributed by atoms with Crippen molar-refractivity contribution in [1.82, 2.24) is 10.2 Å². The van der Waals surface area contributed by atoms with Crippen LogP contribution in [0.3, 0.4) is 0 Å². The summed E-state index contributed by atoms with van der Waals surface area (Å²) in [6.07, 6.45) is 0. The van der Waals surface area contributed by atoms with Crippen molar-refractivity contribution in [2.45, 2.75) is 52.1 Å². The molecule has 3 aromatic carbocycles. The minimum Gasteiger partial charge on any atom is -0.495 e. The van der Waals surface area contributed by atoms with Crippen molar-refractivity contribution in [2.75, 3.05) is 24.5 Å². The van der Waals surface area contributed by atoms with Crippen molar-refractivity contribution >= 4 is 39.1 Å². The lowest BCUT2D eigenvalue weighted by Gasteiger charge is -2.32. The molecule has 1 N–H and O–H groups in total. The minimum atomic E-state index is -4.20. The molecule has 0 unspecified atom stereocenters. The fourth-order valence-corrected chi connectivity index (χ4v) is 5.84. The van der Waals surface area contributed by atoms with Gasteiger partial charge in [-0.2, -0.15) is 0 Å². The van der Waals surface area contributed by atoms with E-state index in [1.165, 1.54) is 36.3 Å². The van der Waals surface area contributed by atoms with Gasteiger partial charge in [0, 0.05) is 13.1 Å². The molecule has 0 saturated carbocycles. The van der Waals surface area contributed by atoms with Crippen molar-refractivity contribution in [3.8, 4) is 5.75 Å². The Morgan fingerprint density at radius 2 is 1.63 bits per heavy atom. The van der Waals surface area contributed by atoms with Crippen LogP contribution in [-0.2, 0) is 26.2 Å². The van der Waals surface area contributed by atoms with Gasteiger partial charge < -0.3 is 15.0 Å². The van der Waals surface area contributed by atoms with Crippen LogP contribution in [0.1, 0.15) is 37.5 Å². The van der Waals surface area contributed by atoms with Crippen molar-refractivity contribution in [3.63, 3.8) is 0 Å². The molecular formula is C31H38ClN3O5S. The van der Waals surface area contributed by atoms with Crippen LogP contribution in [0, 0.1) is 19.8 Å². The summed E-state index contributed by atoms with van der Waals surface area (Å²) in [7, 11) is -2.74. The van der Waals surface area contributed by atoms with E-state index in [0.717, 1.165) is 21.0 Å². The van der Waals surface area contributed by atoms with Crippen LogP contribution in [0.15, 0.2) is 71.6 Å². The lowest BCUT2D eigenvalue weighted by molar-refractivity contribution is -0.139. The Labute approximate surface area is 248 Å². The normalized spacial score (nSPS) is 12.1. The van der Waals surface area contributed by atoms with Crippen LogP contribution in [0.4, 0.5) is 5.69 Å². The van der Waals surface area contributed by atoms with E-state index in [-0.39, 0.29) is 34.0 Å². The first-order valence-electron chi connectivity index (χ1n) is 13.4. The fourth-order valence-electron chi connectivity index (χ4n) is 4.18. The van der Waals surface area contributed by atoms with Crippen LogP contribution in [0.2, 0.25) is 5.02 Å². The predicted octanol–water partition coefficient (Wildman–Crippen LogP) is 5.35. The number of hydrogen-bond acceptors (Lipinski definition) is 5. The second-order valence-corrected chi connectivity index (χ2v) is 12.7. The number of carbonyl (C=O) groups excluding carboxylic acids is 2. The topological polar surface area (TPSA) is 96.0 Å². The van der Waals surface area contributed by atoms with Gasteiger partial charge in [-0.3, -0.25) is 13.9 Å². The number of halogens is 1. The van der Waals surface area contributed by atoms with E-state index in [2.05, 4.69) is 5.32 Å². The molecule has 8 nitrogen and oxygen atoms in total. The van der Waals surface area contributed by atoms with Crippen molar-refractivity contribution in [3.05, 3.63) is 88.4 Å². The quantitative estimate of drug-likeness (QED) is 0.303. The number of nitrogens with zero attached hydrogens (tertiary/aromatic N) is 2. The lowest BCUT2D eigenvalue weighted by atomic mass is 10.1. The summed E-state index contributed by atoms with van der Waals surface area (Å²) in [5, 5.41) is 3.08. The molecule has 0 fully saturated rings. The molecule has 0 spiro atoms. The smallest absolute Gasteiger partial charge is 0.264 e. The molecule has 1 atom stereocenters. The second kappa shape index (κ2) is 13.9. The van der Waals surface area contributed by atoms with Gasteiger partial charge in [0.1, 0.15) is 18.3 Å². The summed E-state index contributed by atoms with van der Waals surface area (Å²) in [6.45, 7) is 9.42. The Bertz CT molecular complexity index is 1480. The maximum Gasteiger partial charge on any atom is 0.264 e. The molecule has 3 rings (SSSR count). The number of amides is 2. The third-order valence-corrected chi connectivity index (χ3v) is 8.85. The molecule has 0 saturated heterocycles. The zero-order chi connectivity index (χ0) is 30.3. The Balaban J connectivity index is 2.06. The summed E-state index contributed by atoms with van der Waals surface area (Å²) < 4.78 is 34.2. The highest BCUT2D eigenvalue weighted by Crippen LogP contribution is 2.32. The molecule has 41 heavy (non-hydrogen) atoms. The fraction of sp³-hybridized carbons (Fsp3) is 0.355. The highest BCUT2D eigenvalue weighted by molar-refractivity contribution is 7.92. The molecule has 0 heterocycles. The van der Waals surface area contributed by atoms with Gasteiger partial charge in [-0.15, -0.1) is 0 Å². The van der Waals surface area contributed by atoms with Gasteiger partial charge in [0.2, 0.25) is 11.8 Å². The first kappa shape index (κ1) is 32.0. The molecule has 0 radical (unpaired) electrons. The summed E-state index contributed by atoms with van der Waals surface area (Å²) in [6, 6.07) is 17.6. The number of carbonyl (C=O) groups is 2. The van der Waals surface area contributed by atoms with E-state index in [4.69, 9.17) is 16.3 Å². The van der Waals surface area contributed by atoms with Crippen LogP contribution >= 0.6 is 11.6 Å². The van der Waals surface area contributed by atoms with Crippen molar-refractivity contribution < 1.29 is 22.7 Å². The van der Waals surface area contributed by atoms with Gasteiger partial charge in [-0.1, -0.05) is 67.4 Å². The minimum absolute atomic E-state index is 0.0241. The standard InChI is InChI=1S/C31H38ClN3O5S/c1-21(2)18-33-31(37)24(5)34(19-25-10-8-7-9-23(25)4)30(36)20-35(26-13-16-29(40-6)28(32)17-26)41(38,39)27-14-11-22(3)12-15-27/h7-17,21,24H,18-20H2,1-6H3,(H,33,37)/t24-/m0/s1. The van der Waals surface area contributed by atoms with E-state index in [1.54, 1.807) is 25.1 Å². The number of nitrogens with one attached hydrogen (secondary N) is 1. The van der Waals surface area contributed by atoms with E-state index in [9.17, 15) is 18.0 Å². The summed E-state index contributed by atoms with van der Waals surface area (Å²) in [5.74, 6) is -0.267. The Hall–Kier alpha value is -3.56. The van der Waals surface area contributed by atoms with E-state index < -0.39 is 28.5 Å². The van der Waals surface area contributed by atoms with Crippen LogP contribution in [0.25, 0.3) is 0 Å². The molecule has 0 aromatic heterocycles. The second-order valence-electron chi connectivity index (χ2n) is 10.4. The highest BCUT2D eigenvalue weighted by Gasteiger charge is 2.33. The average Bonchev–Trinajstić information content (AvgIpc) is 2.93. The third-order valence-electron chi connectivity index (χ3n) is 6.76. The van der Waals surface area contributed by atoms with Gasteiger partial charge in [0.15, 0.2) is 0 Å². The molecule has 0 aliphatic rings. The number of rotatable bonds is 12. The molecule has 220 valence electrons. The summed E-state index contributed by atoms with van der Waals surface area (Å²) >= 11 is 6.37. The molecule has 0 bridgehead atoms. The molecule has 0 aliphatic carbocycles. The number of anilines is 1. The number of methoxy groups -OCH3 is 1. The lowest BCUT2D eigenvalue weighted by Crippen LogP contribution is -2.51. The van der Waals surface area contributed by atoms with E-state index >= 15 is 0 Å². The molecule has 3 aromatic rings. The first-order valence-corrected chi connectivity index (χ1v) is 15.2. The summed E-state index contributed by atoms with van der Waals surface area (Å²) in [5.41, 5.74) is 2.89. The number of sulfonamides is 1. The maximum atomic E-state index is 14.0. The van der Waals surface area contributed by atoms with Crippen molar-refractivity contribution in [1.29, 1.82) is 0 Å². The molecule has 0 aliphatic heterocycles. The average molecular weight is 600 g/mol. The van der Waals surface area contributed by atoms with Crippen LogP contribution in [0.5, 0.6) is 5.75 Å². The van der Waals surface area contributed by atoms with Gasteiger partial charge in [0.25, 0.3) is 10.0 Å². The largest absolute Gasteiger partial charge is 0.495 e. The Morgan fingerprint density at radius 1 is 0.976 bits per heavy atom. The van der Waals surface area contributed by atoms with Gasteiger partial charge in [0.05, 0.1) is 22.7 Å². The SMILES string of the molecule is COc1ccc(N(CC(=O)N(Cc2ccccc2C)[C@@H](C)C(=O)NCC(C)C)S(=O)(=O)c2ccc(C)cc2)cc1Cl. The Morgan fingerprint density at radius 3 is 2.22 bits per heavy atom. The third kappa shape index (κ3) is 8.01. The van der Waals surface area contributed by atoms with Gasteiger partial charge in [-0.25, -0.2) is 8.42 Å². The number of benzene rings is 3. The number of ether oxygens (including phenoxy) is 1. The monoisotopic (exact) mass is 599 g/mol. The zero-order valence-corrected chi connectivity index (χ0v) is 25.9. The number of aryl methyl sites for hydroxylation is 2. The number of hydrogen-bond donors (Lipinski definition) is 1.